The molecule has 1 N–H and O–H groups in total. The lowest BCUT2D eigenvalue weighted by atomic mass is 10.3. The summed E-state index contributed by atoms with van der Waals surface area (Å²) in [6, 6.07) is -1.16. The largest absolute Gasteiger partial charge is 0.480 e. The van der Waals surface area contributed by atoms with Crippen LogP contribution in [0.3, 0.4) is 0 Å². The molecule has 1 atom stereocenters. The molecule has 108 valence electrons. The number of ether oxygens (including phenoxy) is 1. The number of carbonyl (C=O) groups is 3. The number of rotatable bonds is 5. The van der Waals surface area contributed by atoms with Gasteiger partial charge in [0.2, 0.25) is 0 Å². The molecule has 0 radical (unpaired) electrons. The third-order valence-corrected chi connectivity index (χ3v) is 3.71. The standard InChI is InChI=1S/C11H18N2O5S/c1-3-18-9(14)4-5-12(2)11(17)13-7-19-6-8(13)10(15)16/h8H,3-7H2,1-2H3,(H,15,16). The fourth-order valence-corrected chi connectivity index (χ4v) is 2.78. The molecule has 0 saturated carbocycles. The summed E-state index contributed by atoms with van der Waals surface area (Å²) in [6.45, 7) is 2.23. The quantitative estimate of drug-likeness (QED) is 0.740. The van der Waals surface area contributed by atoms with E-state index in [0.29, 0.717) is 18.2 Å². The minimum atomic E-state index is -1.00. The smallest absolute Gasteiger partial charge is 0.327 e. The van der Waals surface area contributed by atoms with Gasteiger partial charge in [0.1, 0.15) is 6.04 Å². The van der Waals surface area contributed by atoms with Crippen molar-refractivity contribution in [1.82, 2.24) is 9.80 Å². The molecule has 2 amide bonds. The van der Waals surface area contributed by atoms with E-state index in [2.05, 4.69) is 0 Å². The maximum atomic E-state index is 12.1. The minimum absolute atomic E-state index is 0.106. The lowest BCUT2D eigenvalue weighted by Crippen LogP contribution is -2.47. The van der Waals surface area contributed by atoms with Gasteiger partial charge in [-0.05, 0) is 6.92 Å². The number of carboxylic acid groups (broad SMARTS) is 1. The number of hydrogen-bond donors (Lipinski definition) is 1. The molecule has 0 bridgehead atoms. The van der Waals surface area contributed by atoms with Gasteiger partial charge in [-0.3, -0.25) is 4.79 Å². The summed E-state index contributed by atoms with van der Waals surface area (Å²) in [5, 5.41) is 9.00. The molecule has 0 aromatic heterocycles. The van der Waals surface area contributed by atoms with Crippen LogP contribution in [0.4, 0.5) is 4.79 Å². The number of aliphatic carboxylic acids is 1. The topological polar surface area (TPSA) is 87.2 Å². The van der Waals surface area contributed by atoms with E-state index in [0.717, 1.165) is 0 Å². The normalized spacial score (nSPS) is 18.2. The molecule has 0 aromatic rings. The van der Waals surface area contributed by atoms with E-state index in [9.17, 15) is 14.4 Å². The molecular weight excluding hydrogens is 272 g/mol. The first-order chi connectivity index (χ1) is 8.97. The molecule has 1 saturated heterocycles. The highest BCUT2D eigenvalue weighted by atomic mass is 32.2. The minimum Gasteiger partial charge on any atom is -0.480 e. The van der Waals surface area contributed by atoms with E-state index in [1.54, 1.807) is 14.0 Å². The van der Waals surface area contributed by atoms with Gasteiger partial charge in [-0.25, -0.2) is 9.59 Å². The maximum absolute atomic E-state index is 12.1. The zero-order chi connectivity index (χ0) is 14.4. The van der Waals surface area contributed by atoms with Crippen molar-refractivity contribution in [3.8, 4) is 0 Å². The number of carboxylic acids is 1. The molecule has 1 aliphatic heterocycles. The second-order valence-corrected chi connectivity index (χ2v) is 5.08. The lowest BCUT2D eigenvalue weighted by Gasteiger charge is -2.26. The Bertz CT molecular complexity index is 363. The predicted octanol–water partition coefficient (Wildman–Crippen LogP) is 0.451. The summed E-state index contributed by atoms with van der Waals surface area (Å²) in [6.07, 6.45) is 0.106. The van der Waals surface area contributed by atoms with E-state index in [-0.39, 0.29) is 25.0 Å². The average molecular weight is 290 g/mol. The first kappa shape index (κ1) is 15.6. The van der Waals surface area contributed by atoms with Crippen LogP contribution in [0.25, 0.3) is 0 Å². The van der Waals surface area contributed by atoms with Crippen LogP contribution in [0, 0.1) is 0 Å². The van der Waals surface area contributed by atoms with Crippen molar-refractivity contribution in [3.63, 3.8) is 0 Å². The highest BCUT2D eigenvalue weighted by molar-refractivity contribution is 7.99. The summed E-state index contributed by atoms with van der Waals surface area (Å²) in [7, 11) is 1.55. The molecule has 1 fully saturated rings. The molecule has 1 heterocycles. The van der Waals surface area contributed by atoms with Crippen LogP contribution >= 0.6 is 11.8 Å². The van der Waals surface area contributed by atoms with Crippen LogP contribution in [0.2, 0.25) is 0 Å². The molecule has 7 nitrogen and oxygen atoms in total. The number of hydrogen-bond acceptors (Lipinski definition) is 5. The molecule has 19 heavy (non-hydrogen) atoms. The van der Waals surface area contributed by atoms with Crippen molar-refractivity contribution in [3.05, 3.63) is 0 Å². The summed E-state index contributed by atoms with van der Waals surface area (Å²) in [4.78, 5) is 36.9. The number of urea groups is 1. The van der Waals surface area contributed by atoms with Gasteiger partial charge in [0.05, 0.1) is 18.9 Å². The van der Waals surface area contributed by atoms with E-state index in [4.69, 9.17) is 9.84 Å². The first-order valence-corrected chi connectivity index (χ1v) is 7.10. The maximum Gasteiger partial charge on any atom is 0.327 e. The van der Waals surface area contributed by atoms with E-state index < -0.39 is 12.0 Å². The highest BCUT2D eigenvalue weighted by Crippen LogP contribution is 2.22. The number of nitrogens with zero attached hydrogens (tertiary/aromatic N) is 2. The van der Waals surface area contributed by atoms with Crippen molar-refractivity contribution < 1.29 is 24.2 Å². The van der Waals surface area contributed by atoms with E-state index in [1.165, 1.54) is 21.6 Å². The van der Waals surface area contributed by atoms with Crippen LogP contribution < -0.4 is 0 Å². The van der Waals surface area contributed by atoms with Gasteiger partial charge in [0.25, 0.3) is 0 Å². The molecule has 8 heteroatoms. The predicted molar refractivity (Wildman–Crippen MR) is 69.9 cm³/mol. The number of carbonyl (C=O) groups excluding carboxylic acids is 2. The van der Waals surface area contributed by atoms with Gasteiger partial charge in [-0.2, -0.15) is 0 Å². The van der Waals surface area contributed by atoms with Crippen LogP contribution in [0.5, 0.6) is 0 Å². The number of amides is 2. The zero-order valence-corrected chi connectivity index (χ0v) is 11.8. The van der Waals surface area contributed by atoms with Crippen LogP contribution in [-0.2, 0) is 14.3 Å². The lowest BCUT2D eigenvalue weighted by molar-refractivity contribution is -0.144. The molecule has 1 unspecified atom stereocenters. The van der Waals surface area contributed by atoms with Gasteiger partial charge in [-0.15, -0.1) is 11.8 Å². The SMILES string of the molecule is CCOC(=O)CCN(C)C(=O)N1CSCC1C(=O)O. The molecular formula is C11H18N2O5S. The highest BCUT2D eigenvalue weighted by Gasteiger charge is 2.35. The molecule has 0 spiro atoms. The second-order valence-electron chi connectivity index (χ2n) is 4.08. The molecule has 1 aliphatic rings. The Morgan fingerprint density at radius 1 is 1.47 bits per heavy atom. The Morgan fingerprint density at radius 2 is 2.16 bits per heavy atom. The second kappa shape index (κ2) is 7.22. The van der Waals surface area contributed by atoms with Crippen molar-refractivity contribution in [1.29, 1.82) is 0 Å². The molecule has 1 rings (SSSR count). The van der Waals surface area contributed by atoms with Gasteiger partial charge >= 0.3 is 18.0 Å². The van der Waals surface area contributed by atoms with Gasteiger partial charge in [-0.1, -0.05) is 0 Å². The van der Waals surface area contributed by atoms with Crippen LogP contribution in [0.1, 0.15) is 13.3 Å². The van der Waals surface area contributed by atoms with Crippen molar-refractivity contribution in [2.24, 2.45) is 0 Å². The van der Waals surface area contributed by atoms with Crippen LogP contribution in [-0.4, -0.2) is 70.7 Å². The van der Waals surface area contributed by atoms with Crippen molar-refractivity contribution >= 4 is 29.7 Å². The van der Waals surface area contributed by atoms with E-state index in [1.807, 2.05) is 0 Å². The summed E-state index contributed by atoms with van der Waals surface area (Å²) in [5.74, 6) is -0.614. The Kier molecular flexibility index (Phi) is 5.94. The summed E-state index contributed by atoms with van der Waals surface area (Å²) < 4.78 is 4.77. The zero-order valence-electron chi connectivity index (χ0n) is 11.0. The fourth-order valence-electron chi connectivity index (χ4n) is 1.64. The van der Waals surface area contributed by atoms with Gasteiger partial charge in [0, 0.05) is 19.3 Å². The number of esters is 1. The van der Waals surface area contributed by atoms with Crippen molar-refractivity contribution in [2.45, 2.75) is 19.4 Å². The number of thioether (sulfide) groups is 1. The first-order valence-electron chi connectivity index (χ1n) is 5.95. The average Bonchev–Trinajstić information content (AvgIpc) is 2.84. The Balaban J connectivity index is 2.47. The van der Waals surface area contributed by atoms with Gasteiger partial charge < -0.3 is 19.6 Å². The van der Waals surface area contributed by atoms with Crippen molar-refractivity contribution in [2.75, 3.05) is 31.8 Å². The Morgan fingerprint density at radius 3 is 2.74 bits per heavy atom. The molecule has 0 aliphatic carbocycles. The van der Waals surface area contributed by atoms with Crippen LogP contribution in [0.15, 0.2) is 0 Å². The fraction of sp³-hybridized carbons (Fsp3) is 0.727. The third-order valence-electron chi connectivity index (χ3n) is 2.70. The van der Waals surface area contributed by atoms with Gasteiger partial charge in [0.15, 0.2) is 0 Å². The van der Waals surface area contributed by atoms with E-state index >= 15 is 0 Å². The molecule has 0 aromatic carbocycles. The Labute approximate surface area is 115 Å². The Hall–Kier alpha value is -1.44. The monoisotopic (exact) mass is 290 g/mol. The third kappa shape index (κ3) is 4.30. The summed E-state index contributed by atoms with van der Waals surface area (Å²) in [5.41, 5.74) is 0. The summed E-state index contributed by atoms with van der Waals surface area (Å²) >= 11 is 1.40.